The van der Waals surface area contributed by atoms with Gasteiger partial charge in [-0.1, -0.05) is 13.8 Å². The zero-order valence-corrected chi connectivity index (χ0v) is 11.3. The lowest BCUT2D eigenvalue weighted by molar-refractivity contribution is -0.140. The lowest BCUT2D eigenvalue weighted by atomic mass is 9.95. The molecule has 104 valence electrons. The molecule has 1 amide bonds. The zero-order chi connectivity index (χ0) is 13.9. The summed E-state index contributed by atoms with van der Waals surface area (Å²) in [7, 11) is 0. The van der Waals surface area contributed by atoms with Crippen LogP contribution in [0, 0.1) is 17.8 Å². The molecular formula is C13H23NO4. The Morgan fingerprint density at radius 1 is 1.39 bits per heavy atom. The molecule has 0 aromatic heterocycles. The van der Waals surface area contributed by atoms with Gasteiger partial charge in [0.2, 0.25) is 5.91 Å². The molecule has 3 atom stereocenters. The zero-order valence-electron chi connectivity index (χ0n) is 11.3. The average Bonchev–Trinajstić information content (AvgIpc) is 3.03. The number of carboxylic acid groups (broad SMARTS) is 1. The Morgan fingerprint density at radius 2 is 2.00 bits per heavy atom. The lowest BCUT2D eigenvalue weighted by Gasteiger charge is -2.24. The van der Waals surface area contributed by atoms with Crippen LogP contribution in [0.15, 0.2) is 0 Å². The standard InChI is InChI=1S/C13H23NO4/c1-8(2)4-5-13(3,18)7-14-11(15)9-6-10(9)12(16)17/h8-10,18H,4-7H2,1-3H3,(H,14,15)(H,16,17)/t9-,10+,13-/m0/s1. The lowest BCUT2D eigenvalue weighted by Crippen LogP contribution is -2.41. The molecule has 0 spiro atoms. The first-order chi connectivity index (χ1) is 8.23. The van der Waals surface area contributed by atoms with Gasteiger partial charge in [0.05, 0.1) is 17.4 Å². The van der Waals surface area contributed by atoms with Gasteiger partial charge in [-0.25, -0.2) is 0 Å². The van der Waals surface area contributed by atoms with Crippen molar-refractivity contribution in [2.45, 2.75) is 45.6 Å². The first-order valence-corrected chi connectivity index (χ1v) is 6.46. The van der Waals surface area contributed by atoms with Crippen LogP contribution in [0.5, 0.6) is 0 Å². The van der Waals surface area contributed by atoms with Crippen molar-refractivity contribution in [3.8, 4) is 0 Å². The molecule has 1 aliphatic carbocycles. The first kappa shape index (κ1) is 15.0. The van der Waals surface area contributed by atoms with Gasteiger partial charge in [-0.3, -0.25) is 9.59 Å². The molecule has 0 aromatic carbocycles. The number of rotatable bonds is 7. The molecule has 0 aliphatic heterocycles. The van der Waals surface area contributed by atoms with E-state index in [1.807, 2.05) is 0 Å². The van der Waals surface area contributed by atoms with E-state index in [2.05, 4.69) is 19.2 Å². The van der Waals surface area contributed by atoms with Crippen LogP contribution in [0.2, 0.25) is 0 Å². The molecule has 0 bridgehead atoms. The summed E-state index contributed by atoms with van der Waals surface area (Å²) in [5, 5.41) is 21.4. The normalized spacial score (nSPS) is 25.6. The van der Waals surface area contributed by atoms with E-state index in [-0.39, 0.29) is 12.5 Å². The molecule has 5 nitrogen and oxygen atoms in total. The van der Waals surface area contributed by atoms with Crippen LogP contribution in [0.1, 0.15) is 40.0 Å². The number of amides is 1. The summed E-state index contributed by atoms with van der Waals surface area (Å²) >= 11 is 0. The summed E-state index contributed by atoms with van der Waals surface area (Å²) in [4.78, 5) is 22.2. The van der Waals surface area contributed by atoms with Crippen molar-refractivity contribution in [1.82, 2.24) is 5.32 Å². The van der Waals surface area contributed by atoms with E-state index < -0.39 is 23.4 Å². The van der Waals surface area contributed by atoms with Crippen molar-refractivity contribution in [3.63, 3.8) is 0 Å². The number of carbonyl (C=O) groups excluding carboxylic acids is 1. The molecule has 1 saturated carbocycles. The largest absolute Gasteiger partial charge is 0.481 e. The quantitative estimate of drug-likeness (QED) is 0.635. The highest BCUT2D eigenvalue weighted by atomic mass is 16.4. The third-order valence-electron chi connectivity index (χ3n) is 3.35. The second-order valence-corrected chi connectivity index (χ2v) is 5.93. The number of nitrogens with one attached hydrogen (secondary N) is 1. The average molecular weight is 257 g/mol. The van der Waals surface area contributed by atoms with E-state index in [1.54, 1.807) is 6.92 Å². The molecule has 5 heteroatoms. The Hall–Kier alpha value is -1.10. The van der Waals surface area contributed by atoms with Crippen LogP contribution in [0.25, 0.3) is 0 Å². The van der Waals surface area contributed by atoms with E-state index >= 15 is 0 Å². The summed E-state index contributed by atoms with van der Waals surface area (Å²) in [5.74, 6) is -1.62. The van der Waals surface area contributed by atoms with Gasteiger partial charge in [0.15, 0.2) is 0 Å². The highest BCUT2D eigenvalue weighted by molar-refractivity contribution is 5.89. The summed E-state index contributed by atoms with van der Waals surface area (Å²) < 4.78 is 0. The molecule has 18 heavy (non-hydrogen) atoms. The summed E-state index contributed by atoms with van der Waals surface area (Å²) in [5.41, 5.74) is -0.923. The number of hydrogen-bond acceptors (Lipinski definition) is 3. The van der Waals surface area contributed by atoms with Crippen LogP contribution < -0.4 is 5.32 Å². The van der Waals surface area contributed by atoms with Gasteiger partial charge in [-0.05, 0) is 32.1 Å². The fourth-order valence-corrected chi connectivity index (χ4v) is 1.85. The second-order valence-electron chi connectivity index (χ2n) is 5.93. The molecule has 1 aliphatic rings. The van der Waals surface area contributed by atoms with Gasteiger partial charge in [-0.2, -0.15) is 0 Å². The van der Waals surface area contributed by atoms with Crippen molar-refractivity contribution in [2.24, 2.45) is 17.8 Å². The maximum Gasteiger partial charge on any atom is 0.307 e. The number of aliphatic carboxylic acids is 1. The third-order valence-corrected chi connectivity index (χ3v) is 3.35. The Kier molecular flexibility index (Phi) is 4.73. The smallest absolute Gasteiger partial charge is 0.307 e. The maximum absolute atomic E-state index is 11.6. The van der Waals surface area contributed by atoms with Crippen LogP contribution in [0.3, 0.4) is 0 Å². The van der Waals surface area contributed by atoms with E-state index in [1.165, 1.54) is 0 Å². The Bertz CT molecular complexity index is 325. The summed E-state index contributed by atoms with van der Waals surface area (Å²) in [6.07, 6.45) is 1.93. The molecule has 1 rings (SSSR count). The fraction of sp³-hybridized carbons (Fsp3) is 0.846. The van der Waals surface area contributed by atoms with Crippen molar-refractivity contribution in [2.75, 3.05) is 6.54 Å². The molecule has 0 saturated heterocycles. The minimum Gasteiger partial charge on any atom is -0.481 e. The van der Waals surface area contributed by atoms with Crippen LogP contribution in [-0.4, -0.2) is 34.2 Å². The second kappa shape index (κ2) is 5.69. The van der Waals surface area contributed by atoms with Gasteiger partial charge in [0.25, 0.3) is 0 Å². The van der Waals surface area contributed by atoms with E-state index in [0.717, 1.165) is 6.42 Å². The highest BCUT2D eigenvalue weighted by Gasteiger charge is 2.48. The topological polar surface area (TPSA) is 86.6 Å². The molecule has 0 aromatic rings. The van der Waals surface area contributed by atoms with E-state index in [9.17, 15) is 14.7 Å². The minimum absolute atomic E-state index is 0.182. The van der Waals surface area contributed by atoms with Gasteiger partial charge >= 0.3 is 5.97 Å². The van der Waals surface area contributed by atoms with Crippen molar-refractivity contribution in [3.05, 3.63) is 0 Å². The first-order valence-electron chi connectivity index (χ1n) is 6.46. The minimum atomic E-state index is -0.923. The molecule has 0 radical (unpaired) electrons. The van der Waals surface area contributed by atoms with Gasteiger partial charge < -0.3 is 15.5 Å². The Balaban J connectivity index is 2.28. The van der Waals surface area contributed by atoms with Crippen molar-refractivity contribution < 1.29 is 19.8 Å². The van der Waals surface area contributed by atoms with Crippen LogP contribution >= 0.6 is 0 Å². The SMILES string of the molecule is CC(C)CC[C@](C)(O)CNC(=O)[C@H]1C[C@H]1C(=O)O. The molecule has 0 heterocycles. The van der Waals surface area contributed by atoms with E-state index in [4.69, 9.17) is 5.11 Å². The summed E-state index contributed by atoms with van der Waals surface area (Å²) in [6.45, 7) is 6.03. The Labute approximate surface area is 108 Å². The number of carboxylic acids is 1. The Morgan fingerprint density at radius 3 is 2.44 bits per heavy atom. The maximum atomic E-state index is 11.6. The number of aliphatic hydroxyl groups is 1. The van der Waals surface area contributed by atoms with Crippen LogP contribution in [0.4, 0.5) is 0 Å². The monoisotopic (exact) mass is 257 g/mol. The molecule has 3 N–H and O–H groups in total. The number of hydrogen-bond donors (Lipinski definition) is 3. The van der Waals surface area contributed by atoms with E-state index in [0.29, 0.717) is 18.8 Å². The number of carbonyl (C=O) groups is 2. The van der Waals surface area contributed by atoms with Gasteiger partial charge in [0, 0.05) is 6.54 Å². The predicted molar refractivity (Wildman–Crippen MR) is 66.9 cm³/mol. The van der Waals surface area contributed by atoms with Crippen molar-refractivity contribution in [1.29, 1.82) is 0 Å². The van der Waals surface area contributed by atoms with Gasteiger partial charge in [0.1, 0.15) is 0 Å². The molecule has 1 fully saturated rings. The highest BCUT2D eigenvalue weighted by Crippen LogP contribution is 2.38. The van der Waals surface area contributed by atoms with Crippen molar-refractivity contribution >= 4 is 11.9 Å². The molecule has 0 unspecified atom stereocenters. The molecular weight excluding hydrogens is 234 g/mol. The predicted octanol–water partition coefficient (Wildman–Crippen LogP) is 1.01. The fourth-order valence-electron chi connectivity index (χ4n) is 1.85. The van der Waals surface area contributed by atoms with Gasteiger partial charge in [-0.15, -0.1) is 0 Å². The third kappa shape index (κ3) is 4.64. The van der Waals surface area contributed by atoms with Crippen LogP contribution in [-0.2, 0) is 9.59 Å². The summed E-state index contributed by atoms with van der Waals surface area (Å²) in [6, 6.07) is 0.